The van der Waals surface area contributed by atoms with E-state index in [2.05, 4.69) is 4.98 Å². The topological polar surface area (TPSA) is 76.2 Å². The number of hydrogen-bond donors (Lipinski definition) is 2. The van der Waals surface area contributed by atoms with E-state index in [1.807, 2.05) is 0 Å². The number of carboxylic acids is 1. The number of aliphatic carboxylic acids is 1. The van der Waals surface area contributed by atoms with Crippen molar-refractivity contribution < 1.29 is 9.90 Å². The van der Waals surface area contributed by atoms with Crippen LogP contribution in [0.25, 0.3) is 0 Å². The summed E-state index contributed by atoms with van der Waals surface area (Å²) >= 11 is 6.81. The highest BCUT2D eigenvalue weighted by atomic mass is 35.5. The maximum Gasteiger partial charge on any atom is 0.320 e. The number of carboxylic acid groups (broad SMARTS) is 1. The first kappa shape index (κ1) is 12.6. The number of thiazole rings is 1. The summed E-state index contributed by atoms with van der Waals surface area (Å²) < 4.78 is 0.405. The standard InChI is InChI=1S/C6H7ClN2O2S.ClH/c7-6-9-3(2-12-6)1-4(8)5(10)11;/h2,4H,1,8H2,(H,10,11);1H/t4-;/m0./s1. The largest absolute Gasteiger partial charge is 0.480 e. The molecule has 0 fully saturated rings. The molecule has 1 aromatic rings. The average Bonchev–Trinajstić information content (AvgIpc) is 2.35. The quantitative estimate of drug-likeness (QED) is 0.835. The number of halogens is 2. The van der Waals surface area contributed by atoms with Crippen molar-refractivity contribution in [3.63, 3.8) is 0 Å². The second-order valence-electron chi connectivity index (χ2n) is 2.24. The van der Waals surface area contributed by atoms with Gasteiger partial charge in [0.15, 0.2) is 4.47 Å². The summed E-state index contributed by atoms with van der Waals surface area (Å²) in [6, 6.07) is -0.900. The minimum Gasteiger partial charge on any atom is -0.480 e. The minimum atomic E-state index is -1.03. The molecule has 74 valence electrons. The molecule has 1 heterocycles. The molecule has 7 heteroatoms. The van der Waals surface area contributed by atoms with Gasteiger partial charge in [-0.25, -0.2) is 4.98 Å². The molecular weight excluding hydrogens is 235 g/mol. The number of hydrogen-bond acceptors (Lipinski definition) is 4. The van der Waals surface area contributed by atoms with E-state index in [1.54, 1.807) is 5.38 Å². The summed E-state index contributed by atoms with van der Waals surface area (Å²) in [6.45, 7) is 0. The van der Waals surface area contributed by atoms with Gasteiger partial charge in [-0.15, -0.1) is 23.7 Å². The third-order valence-electron chi connectivity index (χ3n) is 1.27. The highest BCUT2D eigenvalue weighted by Gasteiger charge is 2.13. The van der Waals surface area contributed by atoms with Crippen molar-refractivity contribution in [2.75, 3.05) is 0 Å². The smallest absolute Gasteiger partial charge is 0.320 e. The highest BCUT2D eigenvalue weighted by Crippen LogP contribution is 2.15. The second kappa shape index (κ2) is 5.39. The van der Waals surface area contributed by atoms with Crippen LogP contribution < -0.4 is 5.73 Å². The highest BCUT2D eigenvalue weighted by molar-refractivity contribution is 7.13. The van der Waals surface area contributed by atoms with Crippen LogP contribution in [0.2, 0.25) is 4.47 Å². The van der Waals surface area contributed by atoms with Gasteiger partial charge in [0.1, 0.15) is 6.04 Å². The summed E-state index contributed by atoms with van der Waals surface area (Å²) in [6.07, 6.45) is 0.221. The molecule has 0 spiro atoms. The Bertz CT molecular complexity index is 292. The van der Waals surface area contributed by atoms with Gasteiger partial charge in [0, 0.05) is 11.8 Å². The van der Waals surface area contributed by atoms with E-state index in [0.717, 1.165) is 0 Å². The van der Waals surface area contributed by atoms with E-state index in [1.165, 1.54) is 11.3 Å². The lowest BCUT2D eigenvalue weighted by atomic mass is 10.2. The number of rotatable bonds is 3. The van der Waals surface area contributed by atoms with Crippen molar-refractivity contribution in [2.24, 2.45) is 5.73 Å². The molecule has 1 aromatic heterocycles. The Morgan fingerprint density at radius 3 is 2.85 bits per heavy atom. The Labute approximate surface area is 90.1 Å². The zero-order chi connectivity index (χ0) is 9.14. The number of carbonyl (C=O) groups is 1. The lowest BCUT2D eigenvalue weighted by Gasteiger charge is -2.01. The zero-order valence-corrected chi connectivity index (χ0v) is 8.83. The third-order valence-corrected chi connectivity index (χ3v) is 2.30. The van der Waals surface area contributed by atoms with Gasteiger partial charge >= 0.3 is 5.97 Å². The van der Waals surface area contributed by atoms with Crippen molar-refractivity contribution in [1.82, 2.24) is 4.98 Å². The van der Waals surface area contributed by atoms with Crippen LogP contribution in [-0.4, -0.2) is 22.1 Å². The summed E-state index contributed by atoms with van der Waals surface area (Å²) in [5.74, 6) is -1.03. The van der Waals surface area contributed by atoms with Crippen LogP contribution in [0.3, 0.4) is 0 Å². The molecule has 1 rings (SSSR count). The summed E-state index contributed by atoms with van der Waals surface area (Å²) in [5.41, 5.74) is 5.90. The molecule has 0 saturated carbocycles. The van der Waals surface area contributed by atoms with Gasteiger partial charge in [-0.2, -0.15) is 0 Å². The van der Waals surface area contributed by atoms with Crippen molar-refractivity contribution in [1.29, 1.82) is 0 Å². The molecule has 3 N–H and O–H groups in total. The fraction of sp³-hybridized carbons (Fsp3) is 0.333. The van der Waals surface area contributed by atoms with E-state index in [9.17, 15) is 4.79 Å². The molecular formula is C6H8Cl2N2O2S. The lowest BCUT2D eigenvalue weighted by molar-refractivity contribution is -0.138. The first-order valence-corrected chi connectivity index (χ1v) is 4.43. The molecule has 13 heavy (non-hydrogen) atoms. The van der Waals surface area contributed by atoms with E-state index in [4.69, 9.17) is 22.4 Å². The molecule has 0 aliphatic carbocycles. The maximum atomic E-state index is 10.3. The molecule has 0 aromatic carbocycles. The number of aromatic nitrogens is 1. The normalized spacial score (nSPS) is 11.8. The molecule has 0 saturated heterocycles. The van der Waals surface area contributed by atoms with Crippen LogP contribution in [0.15, 0.2) is 5.38 Å². The Morgan fingerprint density at radius 1 is 1.85 bits per heavy atom. The molecule has 1 atom stereocenters. The van der Waals surface area contributed by atoms with Gasteiger partial charge in [0.25, 0.3) is 0 Å². The molecule has 4 nitrogen and oxygen atoms in total. The maximum absolute atomic E-state index is 10.3. The first-order valence-electron chi connectivity index (χ1n) is 3.18. The number of nitrogens with two attached hydrogens (primary N) is 1. The van der Waals surface area contributed by atoms with Crippen molar-refractivity contribution in [3.05, 3.63) is 15.5 Å². The lowest BCUT2D eigenvalue weighted by Crippen LogP contribution is -2.32. The van der Waals surface area contributed by atoms with Crippen LogP contribution in [0.1, 0.15) is 5.69 Å². The monoisotopic (exact) mass is 242 g/mol. The van der Waals surface area contributed by atoms with Gasteiger partial charge < -0.3 is 10.8 Å². The van der Waals surface area contributed by atoms with E-state index >= 15 is 0 Å². The third kappa shape index (κ3) is 3.91. The Balaban J connectivity index is 0.00000144. The molecule has 0 unspecified atom stereocenters. The first-order chi connectivity index (χ1) is 5.59. The van der Waals surface area contributed by atoms with E-state index < -0.39 is 12.0 Å². The van der Waals surface area contributed by atoms with Crippen LogP contribution >= 0.6 is 35.3 Å². The second-order valence-corrected chi connectivity index (χ2v) is 3.68. The van der Waals surface area contributed by atoms with Gasteiger partial charge in [-0.1, -0.05) is 11.6 Å². The van der Waals surface area contributed by atoms with Gasteiger partial charge in [0.2, 0.25) is 0 Å². The van der Waals surface area contributed by atoms with Crippen LogP contribution in [0.5, 0.6) is 0 Å². The molecule has 0 aliphatic rings. The zero-order valence-electron chi connectivity index (χ0n) is 6.44. The summed E-state index contributed by atoms with van der Waals surface area (Å²) in [5, 5.41) is 10.2. The Morgan fingerprint density at radius 2 is 2.46 bits per heavy atom. The fourth-order valence-electron chi connectivity index (χ4n) is 0.689. The molecule has 0 bridgehead atoms. The number of nitrogens with zero attached hydrogens (tertiary/aromatic N) is 1. The van der Waals surface area contributed by atoms with Gasteiger partial charge in [-0.3, -0.25) is 4.79 Å². The van der Waals surface area contributed by atoms with Crippen molar-refractivity contribution in [2.45, 2.75) is 12.5 Å². The van der Waals surface area contributed by atoms with Gasteiger partial charge in [0.05, 0.1) is 5.69 Å². The summed E-state index contributed by atoms with van der Waals surface area (Å²) in [7, 11) is 0. The van der Waals surface area contributed by atoms with Crippen LogP contribution in [0, 0.1) is 0 Å². The van der Waals surface area contributed by atoms with Gasteiger partial charge in [-0.05, 0) is 0 Å². The van der Waals surface area contributed by atoms with Crippen LogP contribution in [-0.2, 0) is 11.2 Å². The fourth-order valence-corrected chi connectivity index (χ4v) is 1.48. The van der Waals surface area contributed by atoms with Crippen molar-refractivity contribution in [3.8, 4) is 0 Å². The van der Waals surface area contributed by atoms with Crippen LogP contribution in [0.4, 0.5) is 0 Å². The molecule has 0 amide bonds. The molecule has 0 radical (unpaired) electrons. The Kier molecular flexibility index (Phi) is 5.24. The minimum absolute atomic E-state index is 0. The van der Waals surface area contributed by atoms with Crippen molar-refractivity contribution >= 4 is 41.3 Å². The van der Waals surface area contributed by atoms with E-state index in [0.29, 0.717) is 10.2 Å². The summed E-state index contributed by atoms with van der Waals surface area (Å²) in [4.78, 5) is 14.2. The van der Waals surface area contributed by atoms with E-state index in [-0.39, 0.29) is 18.8 Å². The predicted molar refractivity (Wildman–Crippen MR) is 53.7 cm³/mol. The average molecular weight is 243 g/mol. The predicted octanol–water partition coefficient (Wildman–Crippen LogP) is 1.17. The Hall–Kier alpha value is -0.360. The SMILES string of the molecule is Cl.N[C@@H](Cc1csc(Cl)n1)C(=O)O. The molecule has 0 aliphatic heterocycles.